The second-order valence-electron chi connectivity index (χ2n) is 6.61. The summed E-state index contributed by atoms with van der Waals surface area (Å²) >= 11 is 0.101. The Morgan fingerprint density at radius 2 is 1.95 bits per heavy atom. The van der Waals surface area contributed by atoms with Crippen LogP contribution in [0.25, 0.3) is 0 Å². The maximum atomic E-state index is 12.3. The molecule has 2 fully saturated rings. The fraction of sp³-hybridized carbons (Fsp3) is 1.00. The second kappa shape index (κ2) is 5.69. The molecule has 1 saturated heterocycles. The molecule has 0 bridgehead atoms. The Kier molecular flexibility index (Phi) is 4.67. The van der Waals surface area contributed by atoms with Crippen LogP contribution in [-0.2, 0) is 0 Å². The van der Waals surface area contributed by atoms with Crippen molar-refractivity contribution in [1.29, 1.82) is 0 Å². The lowest BCUT2D eigenvalue weighted by molar-refractivity contribution is -0.0334. The van der Waals surface area contributed by atoms with Crippen LogP contribution in [-0.4, -0.2) is 46.9 Å². The Balaban J connectivity index is 1.96. The number of thioether (sulfide) groups is 1. The maximum absolute atomic E-state index is 12.3. The van der Waals surface area contributed by atoms with Gasteiger partial charge in [0.15, 0.2) is 0 Å². The highest BCUT2D eigenvalue weighted by Crippen LogP contribution is 2.43. The summed E-state index contributed by atoms with van der Waals surface area (Å²) < 4.78 is 36.9. The van der Waals surface area contributed by atoms with E-state index in [4.69, 9.17) is 0 Å². The molecule has 0 amide bonds. The molecule has 6 heteroatoms. The highest BCUT2D eigenvalue weighted by atomic mass is 32.2. The van der Waals surface area contributed by atoms with Gasteiger partial charge < -0.3 is 5.32 Å². The quantitative estimate of drug-likeness (QED) is 0.837. The SMILES string of the molecule is CCC1(C)CNC(C)(C2CC2)CN1CCSC(F)(F)F. The van der Waals surface area contributed by atoms with Gasteiger partial charge in [0, 0.05) is 36.5 Å². The molecule has 2 unspecified atom stereocenters. The van der Waals surface area contributed by atoms with Crippen molar-refractivity contribution in [3.63, 3.8) is 0 Å². The summed E-state index contributed by atoms with van der Waals surface area (Å²) in [5, 5.41) is 3.66. The van der Waals surface area contributed by atoms with Gasteiger partial charge in [0.1, 0.15) is 0 Å². The van der Waals surface area contributed by atoms with E-state index in [0.29, 0.717) is 12.5 Å². The van der Waals surface area contributed by atoms with E-state index in [2.05, 4.69) is 31.0 Å². The minimum absolute atomic E-state index is 0.0272. The van der Waals surface area contributed by atoms with Crippen LogP contribution < -0.4 is 5.32 Å². The van der Waals surface area contributed by atoms with E-state index in [-0.39, 0.29) is 28.6 Å². The molecule has 1 heterocycles. The van der Waals surface area contributed by atoms with Crippen LogP contribution in [0.3, 0.4) is 0 Å². The van der Waals surface area contributed by atoms with Crippen LogP contribution in [0, 0.1) is 5.92 Å². The van der Waals surface area contributed by atoms with Crippen molar-refractivity contribution in [3.05, 3.63) is 0 Å². The number of nitrogens with zero attached hydrogens (tertiary/aromatic N) is 1. The highest BCUT2D eigenvalue weighted by molar-refractivity contribution is 8.00. The van der Waals surface area contributed by atoms with Crippen LogP contribution in [0.4, 0.5) is 13.2 Å². The number of hydrogen-bond acceptors (Lipinski definition) is 3. The van der Waals surface area contributed by atoms with Gasteiger partial charge in [0.2, 0.25) is 0 Å². The van der Waals surface area contributed by atoms with Gasteiger partial charge in [-0.25, -0.2) is 0 Å². The monoisotopic (exact) mass is 310 g/mol. The van der Waals surface area contributed by atoms with Gasteiger partial charge in [-0.3, -0.25) is 4.90 Å². The van der Waals surface area contributed by atoms with Gasteiger partial charge in [-0.15, -0.1) is 0 Å². The molecule has 0 spiro atoms. The third-order valence-corrected chi connectivity index (χ3v) is 5.74. The summed E-state index contributed by atoms with van der Waals surface area (Å²) in [6.07, 6.45) is 3.45. The fourth-order valence-corrected chi connectivity index (χ4v) is 3.65. The number of rotatable bonds is 5. The largest absolute Gasteiger partial charge is 0.441 e. The average molecular weight is 310 g/mol. The average Bonchev–Trinajstić information content (AvgIpc) is 3.17. The zero-order chi connectivity index (χ0) is 15.0. The van der Waals surface area contributed by atoms with Crippen molar-refractivity contribution in [1.82, 2.24) is 10.2 Å². The molecule has 2 atom stereocenters. The molecule has 0 radical (unpaired) electrons. The first-order chi connectivity index (χ1) is 9.19. The fourth-order valence-electron chi connectivity index (χ4n) is 3.11. The van der Waals surface area contributed by atoms with Crippen molar-refractivity contribution in [3.8, 4) is 0 Å². The Labute approximate surface area is 123 Å². The summed E-state index contributed by atoms with van der Waals surface area (Å²) in [5.74, 6) is 0.821. The standard InChI is InChI=1S/C14H25F3N2S/c1-4-12(2)9-18-13(3,11-5-6-11)10-19(12)7-8-20-14(15,16)17/h11,18H,4-10H2,1-3H3. The Morgan fingerprint density at radius 1 is 1.30 bits per heavy atom. The molecule has 1 N–H and O–H groups in total. The van der Waals surface area contributed by atoms with Crippen molar-refractivity contribution >= 4 is 11.8 Å². The molecular formula is C14H25F3N2S. The molecule has 20 heavy (non-hydrogen) atoms. The van der Waals surface area contributed by atoms with E-state index in [0.717, 1.165) is 19.5 Å². The van der Waals surface area contributed by atoms with Crippen LogP contribution >= 0.6 is 11.8 Å². The molecule has 0 aromatic carbocycles. The van der Waals surface area contributed by atoms with Crippen LogP contribution in [0.15, 0.2) is 0 Å². The topological polar surface area (TPSA) is 15.3 Å². The van der Waals surface area contributed by atoms with E-state index in [1.165, 1.54) is 12.8 Å². The predicted octanol–water partition coefficient (Wildman–Crippen LogP) is 3.48. The Bertz CT molecular complexity index is 346. The van der Waals surface area contributed by atoms with Crippen molar-refractivity contribution < 1.29 is 13.2 Å². The first-order valence-corrected chi connectivity index (χ1v) is 8.38. The Morgan fingerprint density at radius 3 is 2.45 bits per heavy atom. The third kappa shape index (κ3) is 3.83. The van der Waals surface area contributed by atoms with E-state index in [1.54, 1.807) is 0 Å². The number of piperazine rings is 1. The first kappa shape index (κ1) is 16.4. The molecular weight excluding hydrogens is 285 g/mol. The summed E-state index contributed by atoms with van der Waals surface area (Å²) in [6.45, 7) is 8.74. The first-order valence-electron chi connectivity index (χ1n) is 7.39. The number of hydrogen-bond donors (Lipinski definition) is 1. The zero-order valence-corrected chi connectivity index (χ0v) is 13.3. The molecule has 1 saturated carbocycles. The summed E-state index contributed by atoms with van der Waals surface area (Å²) in [4.78, 5) is 2.28. The van der Waals surface area contributed by atoms with Gasteiger partial charge in [-0.2, -0.15) is 13.2 Å². The van der Waals surface area contributed by atoms with Gasteiger partial charge in [0.05, 0.1) is 0 Å². The normalized spacial score (nSPS) is 36.3. The zero-order valence-electron chi connectivity index (χ0n) is 12.5. The highest BCUT2D eigenvalue weighted by Gasteiger charge is 2.48. The van der Waals surface area contributed by atoms with Gasteiger partial charge in [-0.1, -0.05) is 6.92 Å². The van der Waals surface area contributed by atoms with Crippen LogP contribution in [0.5, 0.6) is 0 Å². The second-order valence-corrected chi connectivity index (χ2v) is 7.77. The lowest BCUT2D eigenvalue weighted by Gasteiger charge is -2.52. The summed E-state index contributed by atoms with van der Waals surface area (Å²) in [6, 6.07) is 0. The lowest BCUT2D eigenvalue weighted by atomic mass is 9.84. The van der Waals surface area contributed by atoms with E-state index in [1.807, 2.05) is 0 Å². The maximum Gasteiger partial charge on any atom is 0.441 e. The predicted molar refractivity (Wildman–Crippen MR) is 77.9 cm³/mol. The third-order valence-electron chi connectivity index (χ3n) is 5.02. The Hall–Kier alpha value is 0.0600. The van der Waals surface area contributed by atoms with E-state index in [9.17, 15) is 13.2 Å². The molecule has 1 aliphatic carbocycles. The van der Waals surface area contributed by atoms with Gasteiger partial charge >= 0.3 is 5.51 Å². The van der Waals surface area contributed by atoms with Gasteiger partial charge in [0.25, 0.3) is 0 Å². The number of halogens is 3. The van der Waals surface area contributed by atoms with Crippen molar-refractivity contribution in [2.45, 2.75) is 56.6 Å². The molecule has 2 aliphatic rings. The molecule has 2 nitrogen and oxygen atoms in total. The minimum atomic E-state index is -4.11. The van der Waals surface area contributed by atoms with Crippen LogP contribution in [0.1, 0.15) is 40.0 Å². The minimum Gasteiger partial charge on any atom is -0.308 e. The lowest BCUT2D eigenvalue weighted by Crippen LogP contribution is -2.69. The molecule has 1 aliphatic heterocycles. The van der Waals surface area contributed by atoms with E-state index < -0.39 is 5.51 Å². The smallest absolute Gasteiger partial charge is 0.308 e. The van der Waals surface area contributed by atoms with Gasteiger partial charge in [-0.05, 0) is 50.8 Å². The molecule has 0 aromatic rings. The summed E-state index contributed by atoms with van der Waals surface area (Å²) in [5.41, 5.74) is -4.06. The molecule has 0 aromatic heterocycles. The van der Waals surface area contributed by atoms with Crippen molar-refractivity contribution in [2.24, 2.45) is 5.92 Å². The molecule has 2 rings (SSSR count). The molecule has 118 valence electrons. The number of nitrogens with one attached hydrogen (secondary N) is 1. The van der Waals surface area contributed by atoms with Crippen molar-refractivity contribution in [2.75, 3.05) is 25.4 Å². The van der Waals surface area contributed by atoms with E-state index >= 15 is 0 Å². The number of alkyl halides is 3. The summed E-state index contributed by atoms with van der Waals surface area (Å²) in [7, 11) is 0. The van der Waals surface area contributed by atoms with Crippen LogP contribution in [0.2, 0.25) is 0 Å².